The largest absolute Gasteiger partial charge is 0.496 e. The molecule has 3 aromatic rings. The topological polar surface area (TPSA) is 63.2 Å². The van der Waals surface area contributed by atoms with Crippen molar-refractivity contribution in [3.8, 4) is 16.9 Å². The minimum Gasteiger partial charge on any atom is -0.496 e. The number of pyridine rings is 1. The van der Waals surface area contributed by atoms with Crippen molar-refractivity contribution in [1.82, 2.24) is 15.6 Å². The molecule has 2 N–H and O–H groups in total. The summed E-state index contributed by atoms with van der Waals surface area (Å²) < 4.78 is 5.36. The van der Waals surface area contributed by atoms with E-state index in [9.17, 15) is 4.79 Å². The third-order valence-corrected chi connectivity index (χ3v) is 4.39. The summed E-state index contributed by atoms with van der Waals surface area (Å²) in [5.74, 6) is 0.877. The third kappa shape index (κ3) is 3.61. The quantitative estimate of drug-likeness (QED) is 0.731. The molecule has 3 rings (SSSR count). The van der Waals surface area contributed by atoms with Gasteiger partial charge in [0.05, 0.1) is 7.11 Å². The van der Waals surface area contributed by atoms with E-state index in [0.29, 0.717) is 13.1 Å². The lowest BCUT2D eigenvalue weighted by Gasteiger charge is -2.13. The van der Waals surface area contributed by atoms with E-state index in [1.807, 2.05) is 38.2 Å². The van der Waals surface area contributed by atoms with Crippen LogP contribution in [0.5, 0.6) is 5.75 Å². The fourth-order valence-corrected chi connectivity index (χ4v) is 3.10. The maximum atomic E-state index is 11.7. The second kappa shape index (κ2) is 7.87. The number of amides is 2. The summed E-state index contributed by atoms with van der Waals surface area (Å²) in [5.41, 5.74) is 4.39. The van der Waals surface area contributed by atoms with E-state index in [1.54, 1.807) is 13.3 Å². The number of hydrogen-bond donors (Lipinski definition) is 2. The maximum Gasteiger partial charge on any atom is 0.315 e. The first-order chi connectivity index (χ1) is 12.6. The molecule has 2 aromatic carbocycles. The molecule has 0 atom stereocenters. The molecule has 5 nitrogen and oxygen atoms in total. The SMILES string of the molecule is CCNC(=O)NCc1ccc(-c2ccc(OC)c(C)c2)c2ccncc12. The zero-order valence-corrected chi connectivity index (χ0v) is 15.3. The molecule has 1 aromatic heterocycles. The molecule has 1 heterocycles. The minimum absolute atomic E-state index is 0.167. The predicted octanol–water partition coefficient (Wildman–Crippen LogP) is 4.04. The number of methoxy groups -OCH3 is 1. The number of aromatic nitrogens is 1. The van der Waals surface area contributed by atoms with E-state index in [0.717, 1.165) is 38.8 Å². The molecule has 0 saturated carbocycles. The molecular weight excluding hydrogens is 326 g/mol. The number of hydrogen-bond acceptors (Lipinski definition) is 3. The molecule has 26 heavy (non-hydrogen) atoms. The van der Waals surface area contributed by atoms with Gasteiger partial charge in [0.2, 0.25) is 0 Å². The number of urea groups is 1. The first-order valence-corrected chi connectivity index (χ1v) is 8.66. The number of benzene rings is 2. The van der Waals surface area contributed by atoms with Crippen LogP contribution in [0.25, 0.3) is 21.9 Å². The van der Waals surface area contributed by atoms with Crippen LogP contribution in [0.2, 0.25) is 0 Å². The lowest BCUT2D eigenvalue weighted by molar-refractivity contribution is 0.241. The molecule has 5 heteroatoms. The third-order valence-electron chi connectivity index (χ3n) is 4.39. The zero-order valence-electron chi connectivity index (χ0n) is 15.3. The highest BCUT2D eigenvalue weighted by Gasteiger charge is 2.10. The van der Waals surface area contributed by atoms with Gasteiger partial charge in [-0.1, -0.05) is 18.2 Å². The molecule has 0 bridgehead atoms. The number of nitrogens with one attached hydrogen (secondary N) is 2. The Morgan fingerprint density at radius 2 is 1.96 bits per heavy atom. The Balaban J connectivity index is 2.00. The fourth-order valence-electron chi connectivity index (χ4n) is 3.10. The Morgan fingerprint density at radius 1 is 1.12 bits per heavy atom. The number of rotatable bonds is 5. The van der Waals surface area contributed by atoms with Gasteiger partial charge in [0, 0.05) is 30.9 Å². The van der Waals surface area contributed by atoms with E-state index in [4.69, 9.17) is 4.74 Å². The van der Waals surface area contributed by atoms with E-state index >= 15 is 0 Å². The van der Waals surface area contributed by atoms with Crippen molar-refractivity contribution in [1.29, 1.82) is 0 Å². The molecule has 0 unspecified atom stereocenters. The van der Waals surface area contributed by atoms with E-state index < -0.39 is 0 Å². The number of nitrogens with zero attached hydrogens (tertiary/aromatic N) is 1. The van der Waals surface area contributed by atoms with Gasteiger partial charge < -0.3 is 15.4 Å². The van der Waals surface area contributed by atoms with Crippen LogP contribution >= 0.6 is 0 Å². The standard InChI is InChI=1S/C21H23N3O2/c1-4-23-21(25)24-12-16-5-7-17(18-9-10-22-13-19(16)18)15-6-8-20(26-3)14(2)11-15/h5-11,13H,4,12H2,1-3H3,(H2,23,24,25). The van der Waals surface area contributed by atoms with Crippen LogP contribution in [0.3, 0.4) is 0 Å². The Kier molecular flexibility index (Phi) is 5.37. The average Bonchev–Trinajstić information content (AvgIpc) is 2.66. The van der Waals surface area contributed by atoms with Gasteiger partial charge in [0.25, 0.3) is 0 Å². The molecule has 0 aliphatic carbocycles. The second-order valence-electron chi connectivity index (χ2n) is 6.09. The smallest absolute Gasteiger partial charge is 0.315 e. The fraction of sp³-hybridized carbons (Fsp3) is 0.238. The molecule has 0 aliphatic heterocycles. The highest BCUT2D eigenvalue weighted by Crippen LogP contribution is 2.32. The Morgan fingerprint density at radius 3 is 2.69 bits per heavy atom. The lowest BCUT2D eigenvalue weighted by Crippen LogP contribution is -2.34. The number of fused-ring (bicyclic) bond motifs is 1. The molecule has 0 saturated heterocycles. The predicted molar refractivity (Wildman–Crippen MR) is 104 cm³/mol. The van der Waals surface area contributed by atoms with Crippen LogP contribution < -0.4 is 15.4 Å². The first kappa shape index (κ1) is 17.7. The van der Waals surface area contributed by atoms with Crippen molar-refractivity contribution in [2.24, 2.45) is 0 Å². The summed E-state index contributed by atoms with van der Waals surface area (Å²) >= 11 is 0. The van der Waals surface area contributed by atoms with Crippen LogP contribution in [0.4, 0.5) is 4.79 Å². The minimum atomic E-state index is -0.167. The van der Waals surface area contributed by atoms with Crippen LogP contribution in [0.1, 0.15) is 18.1 Å². The lowest BCUT2D eigenvalue weighted by atomic mass is 9.95. The molecule has 0 aliphatic rings. The highest BCUT2D eigenvalue weighted by atomic mass is 16.5. The van der Waals surface area contributed by atoms with Crippen molar-refractivity contribution in [3.63, 3.8) is 0 Å². The second-order valence-corrected chi connectivity index (χ2v) is 6.09. The van der Waals surface area contributed by atoms with E-state index in [1.165, 1.54) is 0 Å². The van der Waals surface area contributed by atoms with Crippen molar-refractivity contribution in [2.45, 2.75) is 20.4 Å². The number of carbonyl (C=O) groups excluding carboxylic acids is 1. The van der Waals surface area contributed by atoms with Crippen molar-refractivity contribution < 1.29 is 9.53 Å². The van der Waals surface area contributed by atoms with E-state index in [2.05, 4.69) is 33.8 Å². The van der Waals surface area contributed by atoms with Crippen molar-refractivity contribution >= 4 is 16.8 Å². The normalized spacial score (nSPS) is 10.6. The maximum absolute atomic E-state index is 11.7. The van der Waals surface area contributed by atoms with Gasteiger partial charge in [0.15, 0.2) is 0 Å². The molecule has 134 valence electrons. The van der Waals surface area contributed by atoms with Crippen molar-refractivity contribution in [2.75, 3.05) is 13.7 Å². The number of carbonyl (C=O) groups is 1. The van der Waals surface area contributed by atoms with Crippen LogP contribution in [-0.2, 0) is 6.54 Å². The zero-order chi connectivity index (χ0) is 18.5. The van der Waals surface area contributed by atoms with E-state index in [-0.39, 0.29) is 6.03 Å². The molecule has 2 amide bonds. The van der Waals surface area contributed by atoms with Crippen LogP contribution in [0, 0.1) is 6.92 Å². The van der Waals surface area contributed by atoms with Crippen LogP contribution in [-0.4, -0.2) is 24.7 Å². The van der Waals surface area contributed by atoms with Gasteiger partial charge in [-0.05, 0) is 59.7 Å². The van der Waals surface area contributed by atoms with Gasteiger partial charge in [-0.3, -0.25) is 4.98 Å². The first-order valence-electron chi connectivity index (χ1n) is 8.66. The molecular formula is C21H23N3O2. The molecule has 0 fully saturated rings. The Bertz CT molecular complexity index is 938. The van der Waals surface area contributed by atoms with Crippen LogP contribution in [0.15, 0.2) is 48.8 Å². The molecule has 0 spiro atoms. The van der Waals surface area contributed by atoms with Gasteiger partial charge in [-0.25, -0.2) is 4.79 Å². The average molecular weight is 349 g/mol. The summed E-state index contributed by atoms with van der Waals surface area (Å²) in [6.07, 6.45) is 3.65. The van der Waals surface area contributed by atoms with Gasteiger partial charge in [-0.2, -0.15) is 0 Å². The number of aryl methyl sites for hydroxylation is 1. The summed E-state index contributed by atoms with van der Waals surface area (Å²) in [7, 11) is 1.68. The molecule has 0 radical (unpaired) electrons. The summed E-state index contributed by atoms with van der Waals surface area (Å²) in [5, 5.41) is 7.77. The Labute approximate surface area is 153 Å². The van der Waals surface area contributed by atoms with Gasteiger partial charge in [0.1, 0.15) is 5.75 Å². The summed E-state index contributed by atoms with van der Waals surface area (Å²) in [6, 6.07) is 12.2. The monoisotopic (exact) mass is 349 g/mol. The Hall–Kier alpha value is -3.08. The van der Waals surface area contributed by atoms with Gasteiger partial charge in [-0.15, -0.1) is 0 Å². The summed E-state index contributed by atoms with van der Waals surface area (Å²) in [4.78, 5) is 16.0. The van der Waals surface area contributed by atoms with Crippen molar-refractivity contribution in [3.05, 3.63) is 59.9 Å². The number of ether oxygens (including phenoxy) is 1. The highest BCUT2D eigenvalue weighted by molar-refractivity contribution is 5.98. The van der Waals surface area contributed by atoms with Gasteiger partial charge >= 0.3 is 6.03 Å². The summed E-state index contributed by atoms with van der Waals surface area (Å²) in [6.45, 7) is 4.99.